The molecule has 2 aliphatic rings. The lowest BCUT2D eigenvalue weighted by Gasteiger charge is -2.27. The van der Waals surface area contributed by atoms with Crippen molar-refractivity contribution < 1.29 is 14.3 Å². The van der Waals surface area contributed by atoms with Crippen molar-refractivity contribution in [3.63, 3.8) is 0 Å². The molecule has 1 saturated carbocycles. The predicted molar refractivity (Wildman–Crippen MR) is 111 cm³/mol. The van der Waals surface area contributed by atoms with Crippen molar-refractivity contribution in [1.29, 1.82) is 0 Å². The van der Waals surface area contributed by atoms with Gasteiger partial charge in [-0.2, -0.15) is 0 Å². The fourth-order valence-corrected chi connectivity index (χ4v) is 5.00. The van der Waals surface area contributed by atoms with E-state index in [1.54, 1.807) is 18.4 Å². The highest BCUT2D eigenvalue weighted by atomic mass is 32.1. The molecule has 1 aliphatic heterocycles. The zero-order chi connectivity index (χ0) is 19.5. The van der Waals surface area contributed by atoms with Gasteiger partial charge in [0, 0.05) is 29.6 Å². The monoisotopic (exact) mass is 398 g/mol. The van der Waals surface area contributed by atoms with Gasteiger partial charge in [0.25, 0.3) is 0 Å². The summed E-state index contributed by atoms with van der Waals surface area (Å²) >= 11 is 1.64. The van der Waals surface area contributed by atoms with Crippen molar-refractivity contribution in [3.8, 4) is 5.75 Å². The third-order valence-electron chi connectivity index (χ3n) is 5.82. The second kappa shape index (κ2) is 8.35. The van der Waals surface area contributed by atoms with Crippen LogP contribution in [0.15, 0.2) is 41.8 Å². The van der Waals surface area contributed by atoms with Crippen molar-refractivity contribution in [2.24, 2.45) is 5.92 Å². The molecule has 0 unspecified atom stereocenters. The van der Waals surface area contributed by atoms with E-state index in [-0.39, 0.29) is 17.7 Å². The van der Waals surface area contributed by atoms with E-state index < -0.39 is 0 Å². The number of methoxy groups -OCH3 is 1. The zero-order valence-corrected chi connectivity index (χ0v) is 17.0. The number of thiophene rings is 1. The van der Waals surface area contributed by atoms with Gasteiger partial charge in [-0.25, -0.2) is 0 Å². The summed E-state index contributed by atoms with van der Waals surface area (Å²) in [6.07, 6.45) is 4.84. The molecule has 0 bridgehead atoms. The molecule has 1 aromatic heterocycles. The zero-order valence-electron chi connectivity index (χ0n) is 16.2. The van der Waals surface area contributed by atoms with Gasteiger partial charge < -0.3 is 14.5 Å². The van der Waals surface area contributed by atoms with Crippen LogP contribution in [-0.2, 0) is 16.1 Å². The van der Waals surface area contributed by atoms with Gasteiger partial charge in [0.2, 0.25) is 11.8 Å². The number of benzene rings is 1. The molecule has 2 heterocycles. The van der Waals surface area contributed by atoms with Crippen LogP contribution in [-0.4, -0.2) is 36.4 Å². The second-order valence-electron chi connectivity index (χ2n) is 7.59. The molecule has 2 aromatic rings. The molecule has 1 aliphatic carbocycles. The topological polar surface area (TPSA) is 49.9 Å². The van der Waals surface area contributed by atoms with Crippen LogP contribution in [0.5, 0.6) is 5.75 Å². The summed E-state index contributed by atoms with van der Waals surface area (Å²) in [7, 11) is 1.63. The molecule has 4 rings (SSSR count). The summed E-state index contributed by atoms with van der Waals surface area (Å²) in [5.41, 5.74) is 0.839. The molecule has 6 heteroatoms. The van der Waals surface area contributed by atoms with Crippen LogP contribution >= 0.6 is 11.3 Å². The van der Waals surface area contributed by atoms with Crippen molar-refractivity contribution in [2.45, 2.75) is 44.7 Å². The van der Waals surface area contributed by atoms with E-state index in [2.05, 4.69) is 0 Å². The third kappa shape index (κ3) is 3.92. The molecule has 2 fully saturated rings. The number of carbonyl (C=O) groups is 2. The minimum atomic E-state index is -0.268. The Morgan fingerprint density at radius 2 is 1.96 bits per heavy atom. The number of amides is 2. The summed E-state index contributed by atoms with van der Waals surface area (Å²) < 4.78 is 5.25. The maximum Gasteiger partial charge on any atom is 0.232 e. The van der Waals surface area contributed by atoms with Crippen LogP contribution in [0.25, 0.3) is 0 Å². The van der Waals surface area contributed by atoms with E-state index in [4.69, 9.17) is 4.74 Å². The van der Waals surface area contributed by atoms with Crippen LogP contribution in [0.4, 0.5) is 5.69 Å². The largest absolute Gasteiger partial charge is 0.497 e. The second-order valence-corrected chi connectivity index (χ2v) is 8.62. The molecular formula is C22H26N2O3S. The Bertz CT molecular complexity index is 813. The summed E-state index contributed by atoms with van der Waals surface area (Å²) in [6, 6.07) is 11.9. The normalized spacial score (nSPS) is 20.0. The van der Waals surface area contributed by atoms with Crippen LogP contribution < -0.4 is 9.64 Å². The lowest BCUT2D eigenvalue weighted by molar-refractivity contribution is -0.130. The quantitative estimate of drug-likeness (QED) is 0.737. The molecule has 5 nitrogen and oxygen atoms in total. The summed E-state index contributed by atoms with van der Waals surface area (Å²) in [6.45, 7) is 1.08. The van der Waals surface area contributed by atoms with E-state index in [1.807, 2.05) is 51.6 Å². The Balaban J connectivity index is 1.54. The van der Waals surface area contributed by atoms with Crippen LogP contribution in [0.1, 0.15) is 37.0 Å². The number of anilines is 1. The van der Waals surface area contributed by atoms with E-state index in [0.29, 0.717) is 25.6 Å². The molecule has 0 spiro atoms. The van der Waals surface area contributed by atoms with Crippen molar-refractivity contribution in [2.75, 3.05) is 18.6 Å². The van der Waals surface area contributed by atoms with Crippen LogP contribution in [0.3, 0.4) is 0 Å². The first-order valence-electron chi connectivity index (χ1n) is 9.93. The van der Waals surface area contributed by atoms with Gasteiger partial charge in [-0.3, -0.25) is 9.59 Å². The molecule has 148 valence electrons. The number of hydrogen-bond donors (Lipinski definition) is 0. The van der Waals surface area contributed by atoms with E-state index in [1.165, 1.54) is 12.8 Å². The highest BCUT2D eigenvalue weighted by molar-refractivity contribution is 7.09. The van der Waals surface area contributed by atoms with Gasteiger partial charge in [-0.15, -0.1) is 11.3 Å². The molecule has 1 atom stereocenters. The Morgan fingerprint density at radius 3 is 2.61 bits per heavy atom. The van der Waals surface area contributed by atoms with Crippen molar-refractivity contribution in [3.05, 3.63) is 46.7 Å². The number of likely N-dealkylation sites (tertiary alicyclic amines) is 1. The molecule has 0 N–H and O–H groups in total. The number of carbonyl (C=O) groups excluding carboxylic acids is 2. The predicted octanol–water partition coefficient (Wildman–Crippen LogP) is 4.08. The molecule has 1 aromatic carbocycles. The summed E-state index contributed by atoms with van der Waals surface area (Å²) in [5.74, 6) is 0.661. The summed E-state index contributed by atoms with van der Waals surface area (Å²) in [5, 5.41) is 2.02. The SMILES string of the molecule is COc1ccc(N(Cc2cccs2)C(=O)[C@H]2CC(=O)N(C3CCCC3)C2)cc1. The van der Waals surface area contributed by atoms with Gasteiger partial charge in [-0.1, -0.05) is 18.9 Å². The minimum absolute atomic E-state index is 0.0346. The van der Waals surface area contributed by atoms with E-state index in [9.17, 15) is 9.59 Å². The van der Waals surface area contributed by atoms with Crippen LogP contribution in [0, 0.1) is 5.92 Å². The molecule has 2 amide bonds. The molecular weight excluding hydrogens is 372 g/mol. The lowest BCUT2D eigenvalue weighted by Crippen LogP contribution is -2.39. The maximum atomic E-state index is 13.5. The number of nitrogens with zero attached hydrogens (tertiary/aromatic N) is 2. The average Bonchev–Trinajstić information content (AvgIpc) is 3.47. The first-order valence-corrected chi connectivity index (χ1v) is 10.8. The fourth-order valence-electron chi connectivity index (χ4n) is 4.30. The summed E-state index contributed by atoms with van der Waals surface area (Å²) in [4.78, 5) is 30.9. The Kier molecular flexibility index (Phi) is 5.67. The Labute approximate surface area is 169 Å². The first-order chi connectivity index (χ1) is 13.7. The first kappa shape index (κ1) is 19.0. The lowest BCUT2D eigenvalue weighted by atomic mass is 10.1. The van der Waals surface area contributed by atoms with Crippen molar-refractivity contribution in [1.82, 2.24) is 4.90 Å². The maximum absolute atomic E-state index is 13.5. The Hall–Kier alpha value is -2.34. The van der Waals surface area contributed by atoms with Gasteiger partial charge >= 0.3 is 0 Å². The minimum Gasteiger partial charge on any atom is -0.497 e. The molecule has 1 saturated heterocycles. The Morgan fingerprint density at radius 1 is 1.21 bits per heavy atom. The van der Waals surface area contributed by atoms with Gasteiger partial charge in [0.1, 0.15) is 5.75 Å². The smallest absolute Gasteiger partial charge is 0.232 e. The van der Waals surface area contributed by atoms with Crippen molar-refractivity contribution >= 4 is 28.8 Å². The third-order valence-corrected chi connectivity index (χ3v) is 6.68. The molecule has 0 radical (unpaired) electrons. The van der Waals surface area contributed by atoms with Gasteiger partial charge in [-0.05, 0) is 48.6 Å². The molecule has 28 heavy (non-hydrogen) atoms. The highest BCUT2D eigenvalue weighted by Gasteiger charge is 2.40. The van der Waals surface area contributed by atoms with Gasteiger partial charge in [0.15, 0.2) is 0 Å². The van der Waals surface area contributed by atoms with Gasteiger partial charge in [0.05, 0.1) is 19.6 Å². The average molecular weight is 399 g/mol. The number of hydrogen-bond acceptors (Lipinski definition) is 4. The fraction of sp³-hybridized carbons (Fsp3) is 0.455. The van der Waals surface area contributed by atoms with Crippen LogP contribution in [0.2, 0.25) is 0 Å². The highest BCUT2D eigenvalue weighted by Crippen LogP contribution is 2.32. The standard InChI is InChI=1S/C22H26N2O3S/c1-27-19-10-8-18(9-11-19)24(15-20-7-4-12-28-20)22(26)16-13-21(25)23(14-16)17-5-2-3-6-17/h4,7-12,16-17H,2-3,5-6,13-15H2,1H3/t16-/m0/s1. The van der Waals surface area contributed by atoms with E-state index >= 15 is 0 Å². The number of rotatable bonds is 6. The number of ether oxygens (including phenoxy) is 1. The van der Waals surface area contributed by atoms with E-state index in [0.717, 1.165) is 29.2 Å².